The molecular formula is C22H30O4. The summed E-state index contributed by atoms with van der Waals surface area (Å²) in [7, 11) is 0. The summed E-state index contributed by atoms with van der Waals surface area (Å²) < 4.78 is 0. The number of rotatable bonds is 7. The van der Waals surface area contributed by atoms with Crippen molar-refractivity contribution < 1.29 is 19.7 Å². The van der Waals surface area contributed by atoms with Gasteiger partial charge >= 0.3 is 5.97 Å². The van der Waals surface area contributed by atoms with E-state index in [0.29, 0.717) is 0 Å². The number of carbonyl (C=O) groups is 1. The number of hydrogen-bond donors (Lipinski definition) is 1. The topological polar surface area (TPSA) is 55.8 Å². The van der Waals surface area contributed by atoms with E-state index in [9.17, 15) is 4.79 Å². The van der Waals surface area contributed by atoms with Crippen molar-refractivity contribution in [2.75, 3.05) is 0 Å². The molecule has 0 amide bonds. The van der Waals surface area contributed by atoms with E-state index in [0.717, 1.165) is 19.3 Å². The van der Waals surface area contributed by atoms with Gasteiger partial charge in [0, 0.05) is 6.42 Å². The summed E-state index contributed by atoms with van der Waals surface area (Å²) in [5.74, 6) is -0.711. The third-order valence-electron chi connectivity index (χ3n) is 4.77. The van der Waals surface area contributed by atoms with Crippen LogP contribution in [-0.2, 0) is 21.0 Å². The molecule has 1 saturated heterocycles. The Labute approximate surface area is 156 Å². The molecule has 1 aromatic rings. The number of carboxylic acids is 1. The third kappa shape index (κ3) is 6.43. The highest BCUT2D eigenvalue weighted by molar-refractivity contribution is 5.67. The van der Waals surface area contributed by atoms with Gasteiger partial charge in [0.2, 0.25) is 0 Å². The quantitative estimate of drug-likeness (QED) is 0.544. The molecule has 2 rings (SSSR count). The van der Waals surface area contributed by atoms with E-state index in [-0.39, 0.29) is 18.4 Å². The van der Waals surface area contributed by atoms with E-state index in [2.05, 4.69) is 50.3 Å². The molecule has 4 heteroatoms. The van der Waals surface area contributed by atoms with Gasteiger partial charge in [-0.3, -0.25) is 4.79 Å². The van der Waals surface area contributed by atoms with Crippen molar-refractivity contribution in [1.29, 1.82) is 0 Å². The molecule has 1 heterocycles. The van der Waals surface area contributed by atoms with Crippen molar-refractivity contribution in [3.63, 3.8) is 0 Å². The van der Waals surface area contributed by atoms with E-state index in [1.165, 1.54) is 16.7 Å². The molecule has 0 aromatic heterocycles. The molecule has 0 bridgehead atoms. The SMILES string of the molecule is CC(=C\Cc1ccccc1)/C=C(\C)C[C@@]1(C)C[C@@H](C)[C@H](CC(=O)O)OO1. The Morgan fingerprint density at radius 1 is 1.31 bits per heavy atom. The lowest BCUT2D eigenvalue weighted by Crippen LogP contribution is -2.43. The molecule has 1 aliphatic heterocycles. The van der Waals surface area contributed by atoms with Crippen LogP contribution in [-0.4, -0.2) is 22.8 Å². The molecule has 4 nitrogen and oxygen atoms in total. The lowest BCUT2D eigenvalue weighted by molar-refractivity contribution is -0.415. The van der Waals surface area contributed by atoms with Gasteiger partial charge in [0.1, 0.15) is 11.7 Å². The number of allylic oxidation sites excluding steroid dienone is 3. The molecule has 1 fully saturated rings. The maximum Gasteiger partial charge on any atom is 0.306 e. The molecule has 0 saturated carbocycles. The largest absolute Gasteiger partial charge is 0.481 e. The van der Waals surface area contributed by atoms with E-state index in [1.54, 1.807) is 0 Å². The maximum atomic E-state index is 10.9. The molecular weight excluding hydrogens is 328 g/mol. The van der Waals surface area contributed by atoms with Gasteiger partial charge in [-0.05, 0) is 45.1 Å². The minimum atomic E-state index is -0.857. The summed E-state index contributed by atoms with van der Waals surface area (Å²) in [6, 6.07) is 10.4. The van der Waals surface area contributed by atoms with Crippen molar-refractivity contribution in [1.82, 2.24) is 0 Å². The zero-order chi connectivity index (χ0) is 19.2. The van der Waals surface area contributed by atoms with E-state index in [1.807, 2.05) is 19.9 Å². The van der Waals surface area contributed by atoms with Gasteiger partial charge in [-0.15, -0.1) is 0 Å². The molecule has 0 spiro atoms. The summed E-state index contributed by atoms with van der Waals surface area (Å²) in [6.07, 6.45) is 6.47. The Morgan fingerprint density at radius 3 is 2.62 bits per heavy atom. The maximum absolute atomic E-state index is 10.9. The highest BCUT2D eigenvalue weighted by Crippen LogP contribution is 2.36. The fourth-order valence-electron chi connectivity index (χ4n) is 3.61. The first-order valence-corrected chi connectivity index (χ1v) is 9.21. The highest BCUT2D eigenvalue weighted by atomic mass is 17.2. The number of hydrogen-bond acceptors (Lipinski definition) is 3. The average Bonchev–Trinajstić information content (AvgIpc) is 2.56. The standard InChI is InChI=1S/C22H30O4/c1-16(10-11-19-8-6-5-7-9-19)12-17(2)14-22(4)15-18(3)20(25-26-22)13-21(23)24/h5-10,12,18,20H,11,13-15H2,1-4H3,(H,23,24)/b16-10+,17-12+/t18-,20+,22+/m1/s1. The van der Waals surface area contributed by atoms with Crippen molar-refractivity contribution in [3.8, 4) is 0 Å². The second kappa shape index (κ2) is 9.15. The van der Waals surface area contributed by atoms with Crippen LogP contribution >= 0.6 is 0 Å². The van der Waals surface area contributed by atoms with Crippen LogP contribution in [0.4, 0.5) is 0 Å². The van der Waals surface area contributed by atoms with Crippen LogP contribution in [0.2, 0.25) is 0 Å². The second-order valence-corrected chi connectivity index (χ2v) is 7.75. The summed E-state index contributed by atoms with van der Waals surface area (Å²) >= 11 is 0. The van der Waals surface area contributed by atoms with E-state index < -0.39 is 11.6 Å². The van der Waals surface area contributed by atoms with Crippen molar-refractivity contribution >= 4 is 5.97 Å². The van der Waals surface area contributed by atoms with Gasteiger partial charge in [-0.1, -0.05) is 60.6 Å². The molecule has 1 aromatic carbocycles. The first-order valence-electron chi connectivity index (χ1n) is 9.21. The predicted molar refractivity (Wildman–Crippen MR) is 103 cm³/mol. The van der Waals surface area contributed by atoms with Gasteiger partial charge in [0.05, 0.1) is 6.42 Å². The zero-order valence-electron chi connectivity index (χ0n) is 16.2. The van der Waals surface area contributed by atoms with Gasteiger partial charge in [0.15, 0.2) is 0 Å². The van der Waals surface area contributed by atoms with Crippen molar-refractivity contribution in [2.24, 2.45) is 5.92 Å². The van der Waals surface area contributed by atoms with Crippen LogP contribution in [0.5, 0.6) is 0 Å². The molecule has 3 atom stereocenters. The highest BCUT2D eigenvalue weighted by Gasteiger charge is 2.39. The van der Waals surface area contributed by atoms with Gasteiger partial charge in [-0.25, -0.2) is 9.78 Å². The fraction of sp³-hybridized carbons (Fsp3) is 0.500. The Balaban J connectivity index is 1.92. The summed E-state index contributed by atoms with van der Waals surface area (Å²) in [5, 5.41) is 8.94. The molecule has 0 radical (unpaired) electrons. The number of carboxylic acid groups (broad SMARTS) is 1. The van der Waals surface area contributed by atoms with Crippen LogP contribution in [0.3, 0.4) is 0 Å². The molecule has 0 aliphatic carbocycles. The van der Waals surface area contributed by atoms with Crippen LogP contribution in [0.15, 0.2) is 53.6 Å². The Kier molecular flexibility index (Phi) is 7.18. The molecule has 1 N–H and O–H groups in total. The number of benzene rings is 1. The lowest BCUT2D eigenvalue weighted by atomic mass is 9.83. The average molecular weight is 358 g/mol. The van der Waals surface area contributed by atoms with E-state index in [4.69, 9.17) is 14.9 Å². The Bertz CT molecular complexity index is 662. The zero-order valence-corrected chi connectivity index (χ0v) is 16.2. The summed E-state index contributed by atoms with van der Waals surface area (Å²) in [6.45, 7) is 8.26. The first kappa shape index (κ1) is 20.4. The molecule has 26 heavy (non-hydrogen) atoms. The van der Waals surface area contributed by atoms with Gasteiger partial charge in [0.25, 0.3) is 0 Å². The summed E-state index contributed by atoms with van der Waals surface area (Å²) in [5.41, 5.74) is 3.33. The third-order valence-corrected chi connectivity index (χ3v) is 4.77. The molecule has 142 valence electrons. The second-order valence-electron chi connectivity index (χ2n) is 7.75. The smallest absolute Gasteiger partial charge is 0.306 e. The molecule has 1 aliphatic rings. The van der Waals surface area contributed by atoms with Crippen molar-refractivity contribution in [3.05, 3.63) is 59.2 Å². The summed E-state index contributed by atoms with van der Waals surface area (Å²) in [4.78, 5) is 21.9. The fourth-order valence-corrected chi connectivity index (χ4v) is 3.61. The Morgan fingerprint density at radius 2 is 2.00 bits per heavy atom. The van der Waals surface area contributed by atoms with Crippen LogP contribution in [0.1, 0.15) is 52.5 Å². The van der Waals surface area contributed by atoms with Crippen LogP contribution in [0, 0.1) is 5.92 Å². The lowest BCUT2D eigenvalue weighted by Gasteiger charge is -2.39. The number of aliphatic carboxylic acids is 1. The Hall–Kier alpha value is -1.91. The molecule has 0 unspecified atom stereocenters. The van der Waals surface area contributed by atoms with Crippen LogP contribution < -0.4 is 0 Å². The monoisotopic (exact) mass is 358 g/mol. The minimum Gasteiger partial charge on any atom is -0.481 e. The normalized spacial score (nSPS) is 27.4. The van der Waals surface area contributed by atoms with Crippen LogP contribution in [0.25, 0.3) is 0 Å². The minimum absolute atomic E-state index is 0.0204. The van der Waals surface area contributed by atoms with Gasteiger partial charge < -0.3 is 5.11 Å². The van der Waals surface area contributed by atoms with Gasteiger partial charge in [-0.2, -0.15) is 0 Å². The van der Waals surface area contributed by atoms with E-state index >= 15 is 0 Å². The first-order chi connectivity index (χ1) is 12.3. The van der Waals surface area contributed by atoms with Crippen molar-refractivity contribution in [2.45, 2.75) is 65.1 Å². The predicted octanol–water partition coefficient (Wildman–Crippen LogP) is 5.10.